The third-order valence-corrected chi connectivity index (χ3v) is 1.74. The molecule has 4 N–H and O–H groups in total. The molecule has 0 aromatic carbocycles. The molecule has 1 aliphatic heterocycles. The zero-order valence-corrected chi connectivity index (χ0v) is 7.02. The fourth-order valence-electron chi connectivity index (χ4n) is 1.03. The molecule has 0 fully saturated rings. The largest absolute Gasteiger partial charge is 0.375 e. The van der Waals surface area contributed by atoms with Gasteiger partial charge in [0, 0.05) is 19.6 Å². The maximum atomic E-state index is 5.72. The van der Waals surface area contributed by atoms with E-state index in [1.165, 1.54) is 5.57 Å². The Morgan fingerprint density at radius 3 is 3.00 bits per heavy atom. The second kappa shape index (κ2) is 3.44. The van der Waals surface area contributed by atoms with E-state index in [1.54, 1.807) is 0 Å². The Balaban J connectivity index is 2.68. The Bertz CT molecular complexity index is 192. The summed E-state index contributed by atoms with van der Waals surface area (Å²) in [5.41, 5.74) is 6.90. The van der Waals surface area contributed by atoms with Crippen molar-refractivity contribution >= 4 is 0 Å². The average molecular weight is 153 g/mol. The van der Waals surface area contributed by atoms with Crippen molar-refractivity contribution in [1.29, 1.82) is 0 Å². The molecule has 0 radical (unpaired) electrons. The summed E-state index contributed by atoms with van der Waals surface area (Å²) in [5, 5.41) is 6.21. The zero-order valence-electron chi connectivity index (χ0n) is 7.02. The first-order valence-corrected chi connectivity index (χ1v) is 3.83. The SMILES string of the molecule is CNC1=CC(C(C)N)=CCN1. The van der Waals surface area contributed by atoms with Crippen LogP contribution in [-0.2, 0) is 0 Å². The van der Waals surface area contributed by atoms with Crippen LogP contribution >= 0.6 is 0 Å². The van der Waals surface area contributed by atoms with Crippen molar-refractivity contribution in [3.05, 3.63) is 23.5 Å². The summed E-state index contributed by atoms with van der Waals surface area (Å²) >= 11 is 0. The highest BCUT2D eigenvalue weighted by Gasteiger charge is 2.05. The molecule has 1 heterocycles. The summed E-state index contributed by atoms with van der Waals surface area (Å²) in [6.07, 6.45) is 4.14. The van der Waals surface area contributed by atoms with Gasteiger partial charge in [-0.3, -0.25) is 0 Å². The molecule has 0 bridgehead atoms. The summed E-state index contributed by atoms with van der Waals surface area (Å²) in [6.45, 7) is 2.85. The van der Waals surface area contributed by atoms with Gasteiger partial charge in [0.15, 0.2) is 0 Å². The van der Waals surface area contributed by atoms with Crippen LogP contribution in [0.1, 0.15) is 6.92 Å². The second-order valence-corrected chi connectivity index (χ2v) is 2.68. The molecule has 0 saturated carbocycles. The Morgan fingerprint density at radius 2 is 2.45 bits per heavy atom. The van der Waals surface area contributed by atoms with Gasteiger partial charge in [0.1, 0.15) is 0 Å². The molecule has 11 heavy (non-hydrogen) atoms. The van der Waals surface area contributed by atoms with Gasteiger partial charge >= 0.3 is 0 Å². The predicted molar refractivity (Wildman–Crippen MR) is 46.9 cm³/mol. The minimum atomic E-state index is 0.125. The molecule has 1 unspecified atom stereocenters. The number of nitrogens with one attached hydrogen (secondary N) is 2. The van der Waals surface area contributed by atoms with E-state index < -0.39 is 0 Å². The number of nitrogens with two attached hydrogens (primary N) is 1. The molecule has 0 spiro atoms. The monoisotopic (exact) mass is 153 g/mol. The lowest BCUT2D eigenvalue weighted by Gasteiger charge is -2.17. The predicted octanol–water partition coefficient (Wildman–Crippen LogP) is -0.0760. The van der Waals surface area contributed by atoms with E-state index in [9.17, 15) is 0 Å². The van der Waals surface area contributed by atoms with Crippen LogP contribution in [0.5, 0.6) is 0 Å². The highest BCUT2D eigenvalue weighted by molar-refractivity contribution is 5.30. The normalized spacial score (nSPS) is 19.5. The molecule has 1 atom stereocenters. The Morgan fingerprint density at radius 1 is 1.73 bits per heavy atom. The van der Waals surface area contributed by atoms with Crippen molar-refractivity contribution in [3.8, 4) is 0 Å². The fraction of sp³-hybridized carbons (Fsp3) is 0.500. The lowest BCUT2D eigenvalue weighted by Crippen LogP contribution is -2.29. The minimum Gasteiger partial charge on any atom is -0.375 e. The Hall–Kier alpha value is -0.960. The summed E-state index contributed by atoms with van der Waals surface area (Å²) in [7, 11) is 1.89. The molecular formula is C8H15N3. The molecular weight excluding hydrogens is 138 g/mol. The third-order valence-electron chi connectivity index (χ3n) is 1.74. The van der Waals surface area contributed by atoms with E-state index >= 15 is 0 Å². The van der Waals surface area contributed by atoms with E-state index in [4.69, 9.17) is 5.73 Å². The molecule has 3 nitrogen and oxygen atoms in total. The molecule has 62 valence electrons. The quantitative estimate of drug-likeness (QED) is 0.520. The molecule has 0 aliphatic carbocycles. The van der Waals surface area contributed by atoms with Gasteiger partial charge in [-0.2, -0.15) is 0 Å². The van der Waals surface area contributed by atoms with Gasteiger partial charge < -0.3 is 16.4 Å². The van der Waals surface area contributed by atoms with E-state index in [-0.39, 0.29) is 6.04 Å². The van der Waals surface area contributed by atoms with Crippen LogP contribution < -0.4 is 16.4 Å². The van der Waals surface area contributed by atoms with Crippen LogP contribution in [0.2, 0.25) is 0 Å². The van der Waals surface area contributed by atoms with E-state index in [0.717, 1.165) is 12.4 Å². The van der Waals surface area contributed by atoms with Crippen molar-refractivity contribution in [3.63, 3.8) is 0 Å². The molecule has 0 amide bonds. The van der Waals surface area contributed by atoms with E-state index in [0.29, 0.717) is 0 Å². The van der Waals surface area contributed by atoms with Gasteiger partial charge in [0.05, 0.1) is 5.82 Å². The molecule has 0 aromatic heterocycles. The van der Waals surface area contributed by atoms with Crippen LogP contribution in [0.3, 0.4) is 0 Å². The first kappa shape index (κ1) is 8.14. The van der Waals surface area contributed by atoms with Crippen molar-refractivity contribution in [1.82, 2.24) is 10.6 Å². The fourth-order valence-corrected chi connectivity index (χ4v) is 1.03. The van der Waals surface area contributed by atoms with Gasteiger partial charge in [-0.15, -0.1) is 0 Å². The third kappa shape index (κ3) is 1.98. The molecule has 3 heteroatoms. The standard InChI is InChI=1S/C8H15N3/c1-6(9)7-3-4-11-8(5-7)10-2/h3,5-6,10-11H,4,9H2,1-2H3. The zero-order chi connectivity index (χ0) is 8.27. The second-order valence-electron chi connectivity index (χ2n) is 2.68. The van der Waals surface area contributed by atoms with Crippen LogP contribution in [0, 0.1) is 0 Å². The van der Waals surface area contributed by atoms with Gasteiger partial charge in [-0.1, -0.05) is 6.08 Å². The van der Waals surface area contributed by atoms with Crippen molar-refractivity contribution in [2.45, 2.75) is 13.0 Å². The molecule has 1 rings (SSSR count). The van der Waals surface area contributed by atoms with Crippen LogP contribution in [0.15, 0.2) is 23.5 Å². The first-order valence-electron chi connectivity index (χ1n) is 3.83. The van der Waals surface area contributed by atoms with Crippen molar-refractivity contribution in [2.24, 2.45) is 5.73 Å². The van der Waals surface area contributed by atoms with Crippen molar-refractivity contribution in [2.75, 3.05) is 13.6 Å². The number of dihydropyridines is 1. The first-order chi connectivity index (χ1) is 5.24. The van der Waals surface area contributed by atoms with Crippen LogP contribution in [0.4, 0.5) is 0 Å². The number of hydrogen-bond donors (Lipinski definition) is 3. The minimum absolute atomic E-state index is 0.125. The van der Waals surface area contributed by atoms with Gasteiger partial charge in [-0.05, 0) is 18.6 Å². The highest BCUT2D eigenvalue weighted by atomic mass is 15.1. The summed E-state index contributed by atoms with van der Waals surface area (Å²) in [5.74, 6) is 1.04. The van der Waals surface area contributed by atoms with Gasteiger partial charge in [-0.25, -0.2) is 0 Å². The maximum Gasteiger partial charge on any atom is 0.0989 e. The number of rotatable bonds is 2. The average Bonchev–Trinajstić information content (AvgIpc) is 2.05. The van der Waals surface area contributed by atoms with Crippen molar-refractivity contribution < 1.29 is 0 Å². The highest BCUT2D eigenvalue weighted by Crippen LogP contribution is 2.06. The van der Waals surface area contributed by atoms with E-state index in [1.807, 2.05) is 20.0 Å². The lowest BCUT2D eigenvalue weighted by atomic mass is 10.1. The topological polar surface area (TPSA) is 50.1 Å². The maximum absolute atomic E-state index is 5.72. The summed E-state index contributed by atoms with van der Waals surface area (Å²) in [4.78, 5) is 0. The molecule has 1 aliphatic rings. The Labute approximate surface area is 67.3 Å². The molecule has 0 aromatic rings. The summed E-state index contributed by atoms with van der Waals surface area (Å²) < 4.78 is 0. The van der Waals surface area contributed by atoms with E-state index in [2.05, 4.69) is 16.7 Å². The van der Waals surface area contributed by atoms with Crippen LogP contribution in [0.25, 0.3) is 0 Å². The van der Waals surface area contributed by atoms with Gasteiger partial charge in [0.2, 0.25) is 0 Å². The van der Waals surface area contributed by atoms with Gasteiger partial charge in [0.25, 0.3) is 0 Å². The lowest BCUT2D eigenvalue weighted by molar-refractivity contribution is 0.755. The summed E-state index contributed by atoms with van der Waals surface area (Å²) in [6, 6.07) is 0.125. The number of hydrogen-bond acceptors (Lipinski definition) is 3. The Kier molecular flexibility index (Phi) is 2.54. The van der Waals surface area contributed by atoms with Crippen LogP contribution in [-0.4, -0.2) is 19.6 Å². The molecule has 0 saturated heterocycles. The smallest absolute Gasteiger partial charge is 0.0989 e.